The van der Waals surface area contributed by atoms with Crippen LogP contribution < -0.4 is 0 Å². The van der Waals surface area contributed by atoms with Crippen molar-refractivity contribution >= 4 is 0 Å². The fourth-order valence-corrected chi connectivity index (χ4v) is 1.29. The fraction of sp³-hybridized carbons (Fsp3) is 1.00. The van der Waals surface area contributed by atoms with Crippen LogP contribution in [0.3, 0.4) is 0 Å². The Balaban J connectivity index is 2.70. The van der Waals surface area contributed by atoms with Crippen LogP contribution in [0.2, 0.25) is 0 Å². The first-order chi connectivity index (χ1) is 5.95. The molecule has 1 unspecified atom stereocenters. The Morgan fingerprint density at radius 2 is 1.54 bits per heavy atom. The SMILES string of the molecule is C[C@@H](O)[C@@H]1OC(O)[C@H](O)[C@H](O)[C@@H]1O. The Morgan fingerprint density at radius 3 is 2.00 bits per heavy atom. The van der Waals surface area contributed by atoms with Gasteiger partial charge < -0.3 is 30.3 Å². The van der Waals surface area contributed by atoms with Crippen LogP contribution in [0.4, 0.5) is 0 Å². The lowest BCUT2D eigenvalue weighted by molar-refractivity contribution is -0.295. The molecular weight excluding hydrogens is 180 g/mol. The molecule has 0 bridgehead atoms. The van der Waals surface area contributed by atoms with Gasteiger partial charge >= 0.3 is 0 Å². The van der Waals surface area contributed by atoms with Crippen LogP contribution in [0.15, 0.2) is 0 Å². The third-order valence-corrected chi connectivity index (χ3v) is 2.10. The van der Waals surface area contributed by atoms with Crippen molar-refractivity contribution < 1.29 is 30.3 Å². The second-order valence-corrected chi connectivity index (χ2v) is 3.20. The highest BCUT2D eigenvalue weighted by molar-refractivity contribution is 4.90. The van der Waals surface area contributed by atoms with Crippen LogP contribution in [0.1, 0.15) is 6.92 Å². The van der Waals surface area contributed by atoms with Crippen LogP contribution in [0, 0.1) is 0 Å². The molecule has 1 rings (SSSR count). The summed E-state index contributed by atoms with van der Waals surface area (Å²) in [6.07, 6.45) is -8.18. The van der Waals surface area contributed by atoms with Crippen molar-refractivity contribution in [1.29, 1.82) is 0 Å². The maximum absolute atomic E-state index is 9.29. The molecule has 0 aromatic heterocycles. The van der Waals surface area contributed by atoms with Gasteiger partial charge in [-0.2, -0.15) is 0 Å². The van der Waals surface area contributed by atoms with E-state index in [2.05, 4.69) is 4.74 Å². The summed E-state index contributed by atoms with van der Waals surface area (Å²) in [7, 11) is 0. The first-order valence-corrected chi connectivity index (χ1v) is 4.01. The number of aliphatic hydroxyl groups excluding tert-OH is 5. The Morgan fingerprint density at radius 1 is 1.00 bits per heavy atom. The summed E-state index contributed by atoms with van der Waals surface area (Å²) in [5.74, 6) is 0. The summed E-state index contributed by atoms with van der Waals surface area (Å²) >= 11 is 0. The first kappa shape index (κ1) is 10.8. The van der Waals surface area contributed by atoms with Crippen molar-refractivity contribution in [2.24, 2.45) is 0 Å². The molecule has 0 aromatic carbocycles. The predicted molar refractivity (Wildman–Crippen MR) is 40.6 cm³/mol. The lowest BCUT2D eigenvalue weighted by Crippen LogP contribution is -2.60. The van der Waals surface area contributed by atoms with Crippen molar-refractivity contribution in [2.75, 3.05) is 0 Å². The summed E-state index contributed by atoms with van der Waals surface area (Å²) in [4.78, 5) is 0. The Hall–Kier alpha value is -0.240. The first-order valence-electron chi connectivity index (χ1n) is 4.01. The molecule has 1 saturated heterocycles. The minimum atomic E-state index is -1.59. The van der Waals surface area contributed by atoms with Crippen LogP contribution in [-0.2, 0) is 4.74 Å². The van der Waals surface area contributed by atoms with E-state index in [0.717, 1.165) is 0 Å². The van der Waals surface area contributed by atoms with Crippen molar-refractivity contribution in [3.63, 3.8) is 0 Å². The molecule has 6 heteroatoms. The highest BCUT2D eigenvalue weighted by Crippen LogP contribution is 2.21. The summed E-state index contributed by atoms with van der Waals surface area (Å²) < 4.78 is 4.69. The second kappa shape index (κ2) is 3.87. The number of hydrogen-bond donors (Lipinski definition) is 5. The largest absolute Gasteiger partial charge is 0.391 e. The molecule has 5 N–H and O–H groups in total. The molecule has 1 aliphatic rings. The van der Waals surface area contributed by atoms with E-state index in [1.807, 2.05) is 0 Å². The molecule has 0 spiro atoms. The van der Waals surface area contributed by atoms with Gasteiger partial charge in [0.1, 0.15) is 24.4 Å². The molecular formula is C7H14O6. The third-order valence-electron chi connectivity index (χ3n) is 2.10. The standard InChI is InChI=1S/C7H14O6/c1-2(8)6-4(10)3(9)5(11)7(12)13-6/h2-12H,1H3/t2-,3-,4+,5-,6+,7?/m1/s1. The monoisotopic (exact) mass is 194 g/mol. The lowest BCUT2D eigenvalue weighted by Gasteiger charge is -2.39. The van der Waals surface area contributed by atoms with Gasteiger partial charge in [-0.1, -0.05) is 0 Å². The highest BCUT2D eigenvalue weighted by atomic mass is 16.6. The van der Waals surface area contributed by atoms with Gasteiger partial charge in [0.2, 0.25) is 0 Å². The zero-order valence-electron chi connectivity index (χ0n) is 7.11. The second-order valence-electron chi connectivity index (χ2n) is 3.20. The molecule has 0 radical (unpaired) electrons. The van der Waals surface area contributed by atoms with Crippen molar-refractivity contribution in [1.82, 2.24) is 0 Å². The summed E-state index contributed by atoms with van der Waals surface area (Å²) in [5, 5.41) is 45.6. The quantitative estimate of drug-likeness (QED) is 0.308. The van der Waals surface area contributed by atoms with Gasteiger partial charge in [-0.15, -0.1) is 0 Å². The van der Waals surface area contributed by atoms with E-state index in [9.17, 15) is 10.2 Å². The molecule has 1 fully saturated rings. The van der Waals surface area contributed by atoms with E-state index in [1.165, 1.54) is 6.92 Å². The molecule has 78 valence electrons. The number of aliphatic hydroxyl groups is 5. The maximum Gasteiger partial charge on any atom is 0.184 e. The van der Waals surface area contributed by atoms with Gasteiger partial charge in [-0.25, -0.2) is 0 Å². The topological polar surface area (TPSA) is 110 Å². The zero-order valence-corrected chi connectivity index (χ0v) is 7.11. The van der Waals surface area contributed by atoms with E-state index in [4.69, 9.17) is 15.3 Å². The minimum absolute atomic E-state index is 1.04. The van der Waals surface area contributed by atoms with E-state index in [-0.39, 0.29) is 0 Å². The van der Waals surface area contributed by atoms with Gasteiger partial charge in [0.05, 0.1) is 6.10 Å². The van der Waals surface area contributed by atoms with Crippen LogP contribution in [-0.4, -0.2) is 62.3 Å². The molecule has 13 heavy (non-hydrogen) atoms. The van der Waals surface area contributed by atoms with Gasteiger partial charge in [0, 0.05) is 0 Å². The van der Waals surface area contributed by atoms with Gasteiger partial charge in [0.15, 0.2) is 6.29 Å². The van der Waals surface area contributed by atoms with Crippen molar-refractivity contribution in [3.05, 3.63) is 0 Å². The normalized spacial score (nSPS) is 48.9. The van der Waals surface area contributed by atoms with Crippen LogP contribution in [0.5, 0.6) is 0 Å². The Bertz CT molecular complexity index is 172. The molecule has 6 nitrogen and oxygen atoms in total. The molecule has 1 heterocycles. The molecule has 6 atom stereocenters. The van der Waals surface area contributed by atoms with Gasteiger partial charge in [-0.3, -0.25) is 0 Å². The van der Waals surface area contributed by atoms with Crippen LogP contribution in [0.25, 0.3) is 0 Å². The van der Waals surface area contributed by atoms with Gasteiger partial charge in [0.25, 0.3) is 0 Å². The van der Waals surface area contributed by atoms with E-state index in [1.54, 1.807) is 0 Å². The fourth-order valence-electron chi connectivity index (χ4n) is 1.29. The summed E-state index contributed by atoms with van der Waals surface area (Å²) in [5.41, 5.74) is 0. The van der Waals surface area contributed by atoms with E-state index >= 15 is 0 Å². The summed E-state index contributed by atoms with van der Waals surface area (Å²) in [6, 6.07) is 0. The molecule has 0 saturated carbocycles. The highest BCUT2D eigenvalue weighted by Gasteiger charge is 2.44. The predicted octanol–water partition coefficient (Wildman–Crippen LogP) is -2.83. The number of rotatable bonds is 1. The van der Waals surface area contributed by atoms with E-state index < -0.39 is 36.8 Å². The number of ether oxygens (including phenoxy) is 1. The average molecular weight is 194 g/mol. The molecule has 0 aromatic rings. The summed E-state index contributed by atoms with van der Waals surface area (Å²) in [6.45, 7) is 1.35. The molecule has 0 amide bonds. The lowest BCUT2D eigenvalue weighted by atomic mass is 9.96. The van der Waals surface area contributed by atoms with Crippen molar-refractivity contribution in [2.45, 2.75) is 43.7 Å². The van der Waals surface area contributed by atoms with Crippen molar-refractivity contribution in [3.8, 4) is 0 Å². The Kier molecular flexibility index (Phi) is 3.23. The minimum Gasteiger partial charge on any atom is -0.391 e. The zero-order chi connectivity index (χ0) is 10.2. The Labute approximate surface area is 75.0 Å². The molecule has 0 aliphatic carbocycles. The average Bonchev–Trinajstić information content (AvgIpc) is 2.07. The van der Waals surface area contributed by atoms with Crippen LogP contribution >= 0.6 is 0 Å². The third kappa shape index (κ3) is 1.98. The smallest absolute Gasteiger partial charge is 0.184 e. The van der Waals surface area contributed by atoms with E-state index in [0.29, 0.717) is 0 Å². The molecule has 1 aliphatic heterocycles. The number of hydrogen-bond acceptors (Lipinski definition) is 6. The van der Waals surface area contributed by atoms with Gasteiger partial charge in [-0.05, 0) is 6.92 Å². The maximum atomic E-state index is 9.29.